The highest BCUT2D eigenvalue weighted by Crippen LogP contribution is 2.25. The first-order chi connectivity index (χ1) is 9.81. The number of rotatable bonds is 4. The van der Waals surface area contributed by atoms with Crippen molar-refractivity contribution >= 4 is 33.3 Å². The van der Waals surface area contributed by atoms with Gasteiger partial charge >= 0.3 is 5.97 Å². The predicted octanol–water partition coefficient (Wildman–Crippen LogP) is 2.54. The van der Waals surface area contributed by atoms with Crippen LogP contribution in [0.4, 0.5) is 5.69 Å². The maximum Gasteiger partial charge on any atom is 0.335 e. The second-order valence-corrected chi connectivity index (χ2v) is 6.25. The van der Waals surface area contributed by atoms with Crippen molar-refractivity contribution in [3.05, 3.63) is 52.8 Å². The lowest BCUT2D eigenvalue weighted by atomic mass is 10.2. The second-order valence-electron chi connectivity index (χ2n) is 4.19. The highest BCUT2D eigenvalue weighted by molar-refractivity contribution is 7.92. The van der Waals surface area contributed by atoms with Crippen LogP contribution in [0.2, 0.25) is 5.02 Å². The molecule has 0 aliphatic rings. The third-order valence-electron chi connectivity index (χ3n) is 2.72. The molecule has 0 spiro atoms. The highest BCUT2D eigenvalue weighted by Gasteiger charge is 2.21. The van der Waals surface area contributed by atoms with Gasteiger partial charge in [-0.1, -0.05) is 11.6 Å². The molecule has 21 heavy (non-hydrogen) atoms. The number of aromatic nitrogens is 1. The van der Waals surface area contributed by atoms with E-state index in [0.29, 0.717) is 11.4 Å². The first-order valence-corrected chi connectivity index (χ1v) is 7.64. The molecule has 0 fully saturated rings. The van der Waals surface area contributed by atoms with Gasteiger partial charge in [-0.25, -0.2) is 13.2 Å². The van der Waals surface area contributed by atoms with E-state index >= 15 is 0 Å². The first kappa shape index (κ1) is 15.3. The normalized spacial score (nSPS) is 11.1. The van der Waals surface area contributed by atoms with Gasteiger partial charge in [0.05, 0.1) is 22.0 Å². The Morgan fingerprint density at radius 2 is 2.05 bits per heavy atom. The molecule has 2 rings (SSSR count). The number of hydrogen-bond acceptors (Lipinski definition) is 4. The van der Waals surface area contributed by atoms with E-state index in [1.165, 1.54) is 18.3 Å². The number of nitrogens with zero attached hydrogens (tertiary/aromatic N) is 1. The Morgan fingerprint density at radius 3 is 2.67 bits per heavy atom. The summed E-state index contributed by atoms with van der Waals surface area (Å²) in [6, 6.07) is 6.61. The third kappa shape index (κ3) is 3.32. The summed E-state index contributed by atoms with van der Waals surface area (Å²) in [6.07, 6.45) is 1.53. The lowest BCUT2D eigenvalue weighted by Crippen LogP contribution is -2.15. The van der Waals surface area contributed by atoms with Crippen molar-refractivity contribution in [1.29, 1.82) is 0 Å². The topological polar surface area (TPSA) is 96.4 Å². The number of carbonyl (C=O) groups is 1. The van der Waals surface area contributed by atoms with Gasteiger partial charge in [0, 0.05) is 6.20 Å². The minimum Gasteiger partial charge on any atom is -0.478 e. The number of benzene rings is 1. The van der Waals surface area contributed by atoms with Crippen LogP contribution in [-0.4, -0.2) is 24.5 Å². The van der Waals surface area contributed by atoms with Gasteiger partial charge in [-0.2, -0.15) is 0 Å². The number of anilines is 1. The summed E-state index contributed by atoms with van der Waals surface area (Å²) in [6.45, 7) is 1.65. The zero-order valence-electron chi connectivity index (χ0n) is 10.9. The molecule has 0 unspecified atom stereocenters. The molecule has 0 saturated carbocycles. The van der Waals surface area contributed by atoms with Crippen LogP contribution in [0.3, 0.4) is 0 Å². The number of nitrogens with one attached hydrogen (secondary N) is 1. The number of pyridine rings is 1. The first-order valence-electron chi connectivity index (χ1n) is 5.78. The van der Waals surface area contributed by atoms with Crippen LogP contribution in [0.15, 0.2) is 41.4 Å². The molecular weight excluding hydrogens is 316 g/mol. The predicted molar refractivity (Wildman–Crippen MR) is 78.2 cm³/mol. The van der Waals surface area contributed by atoms with Crippen molar-refractivity contribution in [2.24, 2.45) is 0 Å². The Balaban J connectivity index is 2.47. The minimum absolute atomic E-state index is 0.0611. The summed E-state index contributed by atoms with van der Waals surface area (Å²) < 4.78 is 27.0. The zero-order chi connectivity index (χ0) is 15.6. The van der Waals surface area contributed by atoms with Crippen LogP contribution in [-0.2, 0) is 10.0 Å². The molecule has 0 amide bonds. The molecule has 0 atom stereocenters. The molecule has 0 radical (unpaired) electrons. The van der Waals surface area contributed by atoms with Crippen molar-refractivity contribution in [2.75, 3.05) is 4.72 Å². The quantitative estimate of drug-likeness (QED) is 0.900. The van der Waals surface area contributed by atoms with Crippen LogP contribution in [0.1, 0.15) is 16.1 Å². The lowest BCUT2D eigenvalue weighted by molar-refractivity contribution is 0.0696. The van der Waals surface area contributed by atoms with Crippen LogP contribution >= 0.6 is 11.6 Å². The average molecular weight is 327 g/mol. The number of aryl methyl sites for hydroxylation is 1. The smallest absolute Gasteiger partial charge is 0.335 e. The Hall–Kier alpha value is -2.12. The molecular formula is C13H11ClN2O4S. The summed E-state index contributed by atoms with van der Waals surface area (Å²) in [5, 5.41) is 8.87. The van der Waals surface area contributed by atoms with Crippen molar-refractivity contribution < 1.29 is 18.3 Å². The van der Waals surface area contributed by atoms with E-state index in [0.717, 1.165) is 6.07 Å². The van der Waals surface area contributed by atoms with E-state index in [-0.39, 0.29) is 15.5 Å². The summed E-state index contributed by atoms with van der Waals surface area (Å²) >= 11 is 5.86. The molecule has 1 aromatic heterocycles. The van der Waals surface area contributed by atoms with Crippen molar-refractivity contribution in [3.8, 4) is 0 Å². The van der Waals surface area contributed by atoms with Crippen molar-refractivity contribution in [1.82, 2.24) is 4.98 Å². The van der Waals surface area contributed by atoms with E-state index in [4.69, 9.17) is 16.7 Å². The van der Waals surface area contributed by atoms with Gasteiger partial charge in [0.25, 0.3) is 10.0 Å². The molecule has 0 bridgehead atoms. The van der Waals surface area contributed by atoms with Crippen molar-refractivity contribution in [3.63, 3.8) is 0 Å². The van der Waals surface area contributed by atoms with Gasteiger partial charge in [0.1, 0.15) is 4.90 Å². The largest absolute Gasteiger partial charge is 0.478 e. The van der Waals surface area contributed by atoms with Crippen LogP contribution in [0.25, 0.3) is 0 Å². The fourth-order valence-corrected chi connectivity index (χ4v) is 3.28. The SMILES string of the molecule is Cc1ncccc1NS(=O)(=O)c1cc(C(=O)O)ccc1Cl. The highest BCUT2D eigenvalue weighted by atomic mass is 35.5. The van der Waals surface area contributed by atoms with Crippen molar-refractivity contribution in [2.45, 2.75) is 11.8 Å². The summed E-state index contributed by atoms with van der Waals surface area (Å²) in [5.41, 5.74) is 0.628. The van der Waals surface area contributed by atoms with Crippen LogP contribution in [0.5, 0.6) is 0 Å². The molecule has 0 aliphatic heterocycles. The fraction of sp³-hybridized carbons (Fsp3) is 0.0769. The number of sulfonamides is 1. The van der Waals surface area contributed by atoms with Gasteiger partial charge in [-0.3, -0.25) is 9.71 Å². The van der Waals surface area contributed by atoms with E-state index in [9.17, 15) is 13.2 Å². The molecule has 0 aliphatic carbocycles. The van der Waals surface area contributed by atoms with Gasteiger partial charge in [-0.15, -0.1) is 0 Å². The number of aromatic carboxylic acids is 1. The van der Waals surface area contributed by atoms with Crippen LogP contribution in [0, 0.1) is 6.92 Å². The zero-order valence-corrected chi connectivity index (χ0v) is 12.4. The van der Waals surface area contributed by atoms with Gasteiger partial charge < -0.3 is 5.11 Å². The number of carboxylic acids is 1. The van der Waals surface area contributed by atoms with E-state index in [1.807, 2.05) is 0 Å². The molecule has 110 valence electrons. The number of hydrogen-bond donors (Lipinski definition) is 2. The molecule has 2 aromatic rings. The summed E-state index contributed by atoms with van der Waals surface area (Å²) in [7, 11) is -4.01. The number of carboxylic acid groups (broad SMARTS) is 1. The molecule has 0 saturated heterocycles. The maximum atomic E-state index is 12.3. The third-order valence-corrected chi connectivity index (χ3v) is 4.57. The maximum absolute atomic E-state index is 12.3. The Bertz CT molecular complexity index is 806. The summed E-state index contributed by atoms with van der Waals surface area (Å²) in [5.74, 6) is -1.24. The minimum atomic E-state index is -4.01. The molecule has 1 heterocycles. The lowest BCUT2D eigenvalue weighted by Gasteiger charge is -2.11. The van der Waals surface area contributed by atoms with Gasteiger partial charge in [-0.05, 0) is 37.3 Å². The fourth-order valence-electron chi connectivity index (χ4n) is 1.63. The van der Waals surface area contributed by atoms with E-state index < -0.39 is 16.0 Å². The van der Waals surface area contributed by atoms with Crippen LogP contribution < -0.4 is 4.72 Å². The molecule has 1 aromatic carbocycles. The van der Waals surface area contributed by atoms with E-state index in [2.05, 4.69) is 9.71 Å². The molecule has 6 nitrogen and oxygen atoms in total. The van der Waals surface area contributed by atoms with Gasteiger partial charge in [0.2, 0.25) is 0 Å². The standard InChI is InChI=1S/C13H11ClN2O4S/c1-8-11(3-2-6-15-8)16-21(19,20)12-7-9(13(17)18)4-5-10(12)14/h2-7,16H,1H3,(H,17,18). The number of halogens is 1. The Kier molecular flexibility index (Phi) is 4.15. The Morgan fingerprint density at radius 1 is 1.33 bits per heavy atom. The van der Waals surface area contributed by atoms with E-state index in [1.54, 1.807) is 19.1 Å². The van der Waals surface area contributed by atoms with Gasteiger partial charge in [0.15, 0.2) is 0 Å². The summed E-state index contributed by atoms with van der Waals surface area (Å²) in [4.78, 5) is 14.6. The monoisotopic (exact) mass is 326 g/mol. The Labute approximate surface area is 126 Å². The molecule has 2 N–H and O–H groups in total. The second kappa shape index (κ2) is 5.71. The molecule has 8 heteroatoms. The average Bonchev–Trinajstić information content (AvgIpc) is 2.41.